The van der Waals surface area contributed by atoms with Gasteiger partial charge in [0.15, 0.2) is 16.6 Å². The van der Waals surface area contributed by atoms with Crippen molar-refractivity contribution < 1.29 is 19.1 Å². The maximum Gasteiger partial charge on any atom is 0.274 e. The molecule has 2 aromatic carbocycles. The Kier molecular flexibility index (Phi) is 7.69. The summed E-state index contributed by atoms with van der Waals surface area (Å²) in [6, 6.07) is 11.3. The third kappa shape index (κ3) is 4.85. The Morgan fingerprint density at radius 2 is 1.92 bits per heavy atom. The summed E-state index contributed by atoms with van der Waals surface area (Å²) in [6.45, 7) is 2.25. The lowest BCUT2D eigenvalue weighted by Gasteiger charge is -2.22. The van der Waals surface area contributed by atoms with E-state index in [0.29, 0.717) is 40.1 Å². The summed E-state index contributed by atoms with van der Waals surface area (Å²) in [4.78, 5) is 35.2. The van der Waals surface area contributed by atoms with Crippen molar-refractivity contribution >= 4 is 57.2 Å². The number of methoxy groups -OCH3 is 2. The van der Waals surface area contributed by atoms with Gasteiger partial charge in [-0.1, -0.05) is 23.2 Å². The van der Waals surface area contributed by atoms with Gasteiger partial charge in [0.05, 0.1) is 36.6 Å². The van der Waals surface area contributed by atoms with Crippen LogP contribution in [0.3, 0.4) is 0 Å². The van der Waals surface area contributed by atoms with Crippen LogP contribution in [0.25, 0.3) is 0 Å². The molecule has 0 radical (unpaired) electrons. The first kappa shape index (κ1) is 25.8. The normalized spacial score (nSPS) is 14.9. The van der Waals surface area contributed by atoms with Gasteiger partial charge in [-0.2, -0.15) is 5.26 Å². The van der Waals surface area contributed by atoms with Crippen molar-refractivity contribution in [2.75, 3.05) is 25.7 Å². The number of aromatic nitrogens is 1. The summed E-state index contributed by atoms with van der Waals surface area (Å²) in [6.07, 6.45) is 1.38. The van der Waals surface area contributed by atoms with Crippen LogP contribution < -0.4 is 14.4 Å². The highest BCUT2D eigenvalue weighted by molar-refractivity contribution is 7.16. The van der Waals surface area contributed by atoms with Gasteiger partial charge in [0, 0.05) is 22.5 Å². The van der Waals surface area contributed by atoms with E-state index in [9.17, 15) is 14.9 Å². The first-order valence-corrected chi connectivity index (χ1v) is 12.6. The summed E-state index contributed by atoms with van der Waals surface area (Å²) < 4.78 is 10.8. The third-order valence-corrected chi connectivity index (χ3v) is 7.34. The summed E-state index contributed by atoms with van der Waals surface area (Å²) in [7, 11) is 3.01. The van der Waals surface area contributed by atoms with E-state index in [1.165, 1.54) is 47.5 Å². The molecule has 0 unspecified atom stereocenters. The molecule has 0 aliphatic carbocycles. The van der Waals surface area contributed by atoms with Crippen molar-refractivity contribution in [3.8, 4) is 17.6 Å². The monoisotopic (exact) mass is 544 g/mol. The second-order valence-electron chi connectivity index (χ2n) is 7.99. The third-order valence-electron chi connectivity index (χ3n) is 5.83. The molecule has 1 aliphatic heterocycles. The number of thiazole rings is 1. The predicted molar refractivity (Wildman–Crippen MR) is 139 cm³/mol. The van der Waals surface area contributed by atoms with Crippen LogP contribution in [0.1, 0.15) is 38.6 Å². The second-order valence-corrected chi connectivity index (χ2v) is 10.0. The largest absolute Gasteiger partial charge is 0.493 e. The highest BCUT2D eigenvalue weighted by atomic mass is 35.5. The van der Waals surface area contributed by atoms with E-state index < -0.39 is 11.9 Å². The Hall–Kier alpha value is -3.32. The summed E-state index contributed by atoms with van der Waals surface area (Å²) in [5.41, 5.74) is 0.853. The number of nitrogens with zero attached hydrogens (tertiary/aromatic N) is 4. The molecule has 186 valence electrons. The zero-order valence-electron chi connectivity index (χ0n) is 19.7. The van der Waals surface area contributed by atoms with E-state index >= 15 is 0 Å². The maximum atomic E-state index is 13.8. The number of amides is 2. The zero-order chi connectivity index (χ0) is 26.0. The molecule has 4 rings (SSSR count). The van der Waals surface area contributed by atoms with E-state index in [1.54, 1.807) is 31.2 Å². The Balaban J connectivity index is 1.82. The minimum atomic E-state index is -0.487. The van der Waals surface area contributed by atoms with Crippen LogP contribution in [0.2, 0.25) is 10.0 Å². The van der Waals surface area contributed by atoms with Gasteiger partial charge in [-0.15, -0.1) is 11.3 Å². The van der Waals surface area contributed by atoms with E-state index in [1.807, 2.05) is 0 Å². The number of anilines is 2. The van der Waals surface area contributed by atoms with Gasteiger partial charge in [0.25, 0.3) is 11.8 Å². The van der Waals surface area contributed by atoms with E-state index in [-0.39, 0.29) is 27.3 Å². The number of rotatable bonds is 6. The minimum Gasteiger partial charge on any atom is -0.493 e. The number of carbonyl (C=O) groups is 2. The van der Waals surface area contributed by atoms with Crippen molar-refractivity contribution in [2.45, 2.75) is 25.8 Å². The van der Waals surface area contributed by atoms with Crippen molar-refractivity contribution in [1.82, 2.24) is 9.88 Å². The number of halogens is 2. The molecule has 1 aliphatic rings. The molecule has 2 heterocycles. The minimum absolute atomic E-state index is 0.177. The van der Waals surface area contributed by atoms with E-state index in [0.717, 1.165) is 6.42 Å². The van der Waals surface area contributed by atoms with Crippen LogP contribution in [0.15, 0.2) is 36.4 Å². The molecule has 8 nitrogen and oxygen atoms in total. The molecule has 0 saturated carbocycles. The van der Waals surface area contributed by atoms with Crippen LogP contribution in [0.5, 0.6) is 11.5 Å². The number of benzene rings is 2. The summed E-state index contributed by atoms with van der Waals surface area (Å²) in [5.74, 6) is 0.102. The predicted octanol–water partition coefficient (Wildman–Crippen LogP) is 5.88. The topological polar surface area (TPSA) is 95.8 Å². The first-order valence-electron chi connectivity index (χ1n) is 11.0. The highest BCUT2D eigenvalue weighted by Crippen LogP contribution is 2.39. The number of aryl methyl sites for hydroxylation is 1. The zero-order valence-corrected chi connectivity index (χ0v) is 22.1. The first-order chi connectivity index (χ1) is 17.3. The van der Waals surface area contributed by atoms with E-state index in [2.05, 4.69) is 11.1 Å². The number of carbonyl (C=O) groups excluding carboxylic acids is 2. The average molecular weight is 545 g/mol. The summed E-state index contributed by atoms with van der Waals surface area (Å²) in [5, 5.41) is 10.3. The molecule has 0 N–H and O–H groups in total. The van der Waals surface area contributed by atoms with Crippen LogP contribution in [-0.4, -0.2) is 48.5 Å². The van der Waals surface area contributed by atoms with Gasteiger partial charge in [-0.25, -0.2) is 4.98 Å². The smallest absolute Gasteiger partial charge is 0.274 e. The van der Waals surface area contributed by atoms with Crippen LogP contribution in [0.4, 0.5) is 10.8 Å². The molecular weight excluding hydrogens is 523 g/mol. The Morgan fingerprint density at radius 3 is 2.58 bits per heavy atom. The van der Waals surface area contributed by atoms with Crippen molar-refractivity contribution in [1.29, 1.82) is 5.26 Å². The van der Waals surface area contributed by atoms with Crippen LogP contribution in [-0.2, 0) is 0 Å². The van der Waals surface area contributed by atoms with Crippen molar-refractivity contribution in [3.05, 3.63) is 62.6 Å². The van der Waals surface area contributed by atoms with Gasteiger partial charge in [-0.05, 0) is 50.1 Å². The molecule has 0 spiro atoms. The molecule has 36 heavy (non-hydrogen) atoms. The molecule has 2 amide bonds. The lowest BCUT2D eigenvalue weighted by molar-refractivity contribution is 0.0758. The van der Waals surface area contributed by atoms with Crippen molar-refractivity contribution in [2.24, 2.45) is 0 Å². The van der Waals surface area contributed by atoms with Gasteiger partial charge in [0.2, 0.25) is 0 Å². The fraction of sp³-hybridized carbons (Fsp3) is 0.280. The number of ether oxygens (including phenoxy) is 2. The van der Waals surface area contributed by atoms with Gasteiger partial charge >= 0.3 is 0 Å². The molecule has 1 fully saturated rings. The van der Waals surface area contributed by atoms with Crippen LogP contribution >= 0.6 is 34.5 Å². The summed E-state index contributed by atoms with van der Waals surface area (Å²) >= 11 is 13.6. The Bertz CT molecular complexity index is 1370. The fourth-order valence-electron chi connectivity index (χ4n) is 4.02. The van der Waals surface area contributed by atoms with Crippen LogP contribution in [0, 0.1) is 18.3 Å². The maximum absolute atomic E-state index is 13.8. The number of likely N-dealkylation sites (tertiary alicyclic amines) is 1. The second kappa shape index (κ2) is 10.7. The molecule has 1 aromatic heterocycles. The highest BCUT2D eigenvalue weighted by Gasteiger charge is 2.33. The standard InChI is InChI=1S/C25H22Cl2N4O4S/c1-14-22(24(33)30-10-4-5-17(30)13-28)29-25(36-14)31(16-7-9-20(34-2)21(12-16)35-3)23(32)18-8-6-15(26)11-19(18)27/h6-9,11-12,17H,4-5,10H2,1-3H3/t17-/m0/s1. The lowest BCUT2D eigenvalue weighted by atomic mass is 10.1. The fourth-order valence-corrected chi connectivity index (χ4v) is 5.43. The molecule has 11 heteroatoms. The quantitative estimate of drug-likeness (QED) is 0.384. The average Bonchev–Trinajstić information content (AvgIpc) is 3.50. The molecule has 3 aromatic rings. The van der Waals surface area contributed by atoms with E-state index in [4.69, 9.17) is 32.7 Å². The molecule has 1 atom stereocenters. The lowest BCUT2D eigenvalue weighted by Crippen LogP contribution is -2.35. The Morgan fingerprint density at radius 1 is 1.17 bits per heavy atom. The van der Waals surface area contributed by atoms with Crippen molar-refractivity contribution in [3.63, 3.8) is 0 Å². The number of hydrogen-bond donors (Lipinski definition) is 0. The van der Waals surface area contributed by atoms with Gasteiger partial charge in [-0.3, -0.25) is 14.5 Å². The SMILES string of the molecule is COc1ccc(N(C(=O)c2ccc(Cl)cc2Cl)c2nc(C(=O)N3CCC[C@H]3C#N)c(C)s2)cc1OC. The molecular formula is C25H22Cl2N4O4S. The number of hydrogen-bond acceptors (Lipinski definition) is 7. The number of nitriles is 1. The Labute approximate surface area is 222 Å². The molecule has 1 saturated heterocycles. The van der Waals surface area contributed by atoms with Gasteiger partial charge < -0.3 is 14.4 Å². The van der Waals surface area contributed by atoms with Gasteiger partial charge in [0.1, 0.15) is 11.7 Å². The molecule has 0 bridgehead atoms.